The fraction of sp³-hybridized carbons (Fsp3) is 0.667. The van der Waals surface area contributed by atoms with Crippen LogP contribution in [0, 0.1) is 6.10 Å². The maximum Gasteiger partial charge on any atom is 0 e. The maximum absolute atomic E-state index is 7.97. The number of hydrogen-bond acceptors (Lipinski definition) is 1. The largest absolute Gasteiger partial charge is 0.563 e. The number of aliphatic hydroxyl groups is 1. The monoisotopic (exact) mass is 151 g/mol. The molecular formula is C3H8ClFeO-. The minimum Gasteiger partial charge on any atom is -0.563 e. The van der Waals surface area contributed by atoms with E-state index in [1.807, 2.05) is 0 Å². The Bertz CT molecular complexity index is 15.5. The van der Waals surface area contributed by atoms with Crippen molar-refractivity contribution in [3.8, 4) is 0 Å². The molecule has 0 fully saturated rings. The average molecular weight is 151 g/mol. The van der Waals surface area contributed by atoms with Crippen molar-refractivity contribution < 1.29 is 22.2 Å². The summed E-state index contributed by atoms with van der Waals surface area (Å²) in [5, 5.41) is 7.97. The molecule has 0 aliphatic carbocycles. The Balaban J connectivity index is -0.0000000450. The molecule has 0 atom stereocenters. The second-order valence-electron chi connectivity index (χ2n) is 0.947. The topological polar surface area (TPSA) is 20.2 Å². The van der Waals surface area contributed by atoms with Crippen molar-refractivity contribution in [2.45, 2.75) is 13.8 Å². The van der Waals surface area contributed by atoms with Gasteiger partial charge in [0.25, 0.3) is 0 Å². The molecule has 3 heteroatoms. The molecule has 0 saturated heterocycles. The summed E-state index contributed by atoms with van der Waals surface area (Å²) in [7, 11) is 0. The zero-order valence-electron chi connectivity index (χ0n) is 3.71. The van der Waals surface area contributed by atoms with Crippen LogP contribution in [0.5, 0.6) is 0 Å². The van der Waals surface area contributed by atoms with Crippen LogP contribution >= 0.6 is 12.4 Å². The molecule has 1 N–H and O–H groups in total. The van der Waals surface area contributed by atoms with Gasteiger partial charge in [-0.05, 0) is 0 Å². The summed E-state index contributed by atoms with van der Waals surface area (Å²) in [4.78, 5) is 0. The molecule has 0 amide bonds. The zero-order valence-corrected chi connectivity index (χ0v) is 5.63. The molecule has 0 aromatic heterocycles. The molecule has 0 bridgehead atoms. The molecule has 1 nitrogen and oxygen atoms in total. The Morgan fingerprint density at radius 3 is 1.33 bits per heavy atom. The predicted octanol–water partition coefficient (Wildman–Crippen LogP) is 1.35. The van der Waals surface area contributed by atoms with Gasteiger partial charge in [0.15, 0.2) is 0 Å². The fourth-order valence-corrected chi connectivity index (χ4v) is 0. The Hall–Kier alpha value is 0.769. The van der Waals surface area contributed by atoms with Crippen LogP contribution in [-0.2, 0) is 17.1 Å². The van der Waals surface area contributed by atoms with Gasteiger partial charge in [-0.15, -0.1) is 12.4 Å². The molecule has 0 aromatic carbocycles. The maximum atomic E-state index is 7.97. The van der Waals surface area contributed by atoms with Crippen molar-refractivity contribution >= 4 is 12.4 Å². The average Bonchev–Trinajstić information content (AvgIpc) is 0.811. The van der Waals surface area contributed by atoms with Crippen molar-refractivity contribution in [2.24, 2.45) is 0 Å². The Morgan fingerprint density at radius 1 is 1.33 bits per heavy atom. The van der Waals surface area contributed by atoms with Gasteiger partial charge in [0.1, 0.15) is 0 Å². The van der Waals surface area contributed by atoms with Crippen LogP contribution in [0.3, 0.4) is 0 Å². The fourth-order valence-electron chi connectivity index (χ4n) is 0. The van der Waals surface area contributed by atoms with E-state index in [1.165, 1.54) is 0 Å². The van der Waals surface area contributed by atoms with Crippen LogP contribution < -0.4 is 0 Å². The quantitative estimate of drug-likeness (QED) is 0.409. The van der Waals surface area contributed by atoms with Gasteiger partial charge in [0.05, 0.1) is 0 Å². The van der Waals surface area contributed by atoms with Crippen LogP contribution in [0.15, 0.2) is 0 Å². The molecule has 0 unspecified atom stereocenters. The van der Waals surface area contributed by atoms with Crippen molar-refractivity contribution in [2.75, 3.05) is 0 Å². The van der Waals surface area contributed by atoms with Crippen LogP contribution in [0.1, 0.15) is 13.8 Å². The summed E-state index contributed by atoms with van der Waals surface area (Å²) in [6.07, 6.45) is 0.417. The first-order valence-electron chi connectivity index (χ1n) is 1.22. The van der Waals surface area contributed by atoms with Gasteiger partial charge in [0.2, 0.25) is 0 Å². The number of aliphatic hydroxyl groups excluding tert-OH is 1. The van der Waals surface area contributed by atoms with Crippen molar-refractivity contribution in [1.82, 2.24) is 0 Å². The Kier molecular flexibility index (Phi) is 24.4. The van der Waals surface area contributed by atoms with Gasteiger partial charge in [0, 0.05) is 17.1 Å². The predicted molar refractivity (Wildman–Crippen MR) is 23.8 cm³/mol. The normalized spacial score (nSPS) is 6.00. The van der Waals surface area contributed by atoms with Crippen molar-refractivity contribution in [3.63, 3.8) is 0 Å². The number of hydrogen-bond donors (Lipinski definition) is 1. The minimum absolute atomic E-state index is 0. The first-order valence-corrected chi connectivity index (χ1v) is 1.22. The molecular weight excluding hydrogens is 143 g/mol. The third-order valence-corrected chi connectivity index (χ3v) is 0. The SMILES string of the molecule is C[C-](C)O.Cl.[Fe]. The number of rotatable bonds is 0. The molecule has 0 heterocycles. The summed E-state index contributed by atoms with van der Waals surface area (Å²) in [5.74, 6) is 0. The van der Waals surface area contributed by atoms with Gasteiger partial charge in [-0.1, -0.05) is 0 Å². The summed E-state index contributed by atoms with van der Waals surface area (Å²) in [5.41, 5.74) is 0. The zero-order chi connectivity index (χ0) is 3.58. The van der Waals surface area contributed by atoms with E-state index in [0.717, 1.165) is 0 Å². The van der Waals surface area contributed by atoms with Crippen molar-refractivity contribution in [3.05, 3.63) is 6.10 Å². The molecule has 0 aliphatic rings. The van der Waals surface area contributed by atoms with Crippen LogP contribution in [0.2, 0.25) is 0 Å². The standard InChI is InChI=1S/C3H7O.ClH.Fe/c1-3(2)4;;/h4H,1-2H3;1H;/q-1;;. The third kappa shape index (κ3) is 114. The van der Waals surface area contributed by atoms with E-state index in [1.54, 1.807) is 13.8 Å². The van der Waals surface area contributed by atoms with Gasteiger partial charge < -0.3 is 5.11 Å². The molecule has 42 valence electrons. The van der Waals surface area contributed by atoms with E-state index < -0.39 is 0 Å². The van der Waals surface area contributed by atoms with E-state index in [-0.39, 0.29) is 29.5 Å². The van der Waals surface area contributed by atoms with Gasteiger partial charge in [-0.2, -0.15) is 13.8 Å². The van der Waals surface area contributed by atoms with E-state index in [9.17, 15) is 0 Å². The molecule has 0 rings (SSSR count). The van der Waals surface area contributed by atoms with E-state index in [2.05, 4.69) is 0 Å². The molecule has 0 spiro atoms. The summed E-state index contributed by atoms with van der Waals surface area (Å²) >= 11 is 0. The second kappa shape index (κ2) is 9.24. The number of halogens is 1. The molecule has 0 aliphatic heterocycles. The van der Waals surface area contributed by atoms with E-state index in [4.69, 9.17) is 5.11 Å². The van der Waals surface area contributed by atoms with E-state index >= 15 is 0 Å². The molecule has 0 aromatic rings. The molecule has 6 heavy (non-hydrogen) atoms. The van der Waals surface area contributed by atoms with Crippen molar-refractivity contribution in [1.29, 1.82) is 0 Å². The smallest absolute Gasteiger partial charge is 0 e. The molecule has 0 saturated carbocycles. The Labute approximate surface area is 55.0 Å². The van der Waals surface area contributed by atoms with Gasteiger partial charge in [-0.25, -0.2) is 6.10 Å². The summed E-state index contributed by atoms with van der Waals surface area (Å²) in [6.45, 7) is 3.28. The van der Waals surface area contributed by atoms with Gasteiger partial charge >= 0.3 is 0 Å². The van der Waals surface area contributed by atoms with Crippen LogP contribution in [0.4, 0.5) is 0 Å². The summed E-state index contributed by atoms with van der Waals surface area (Å²) < 4.78 is 0. The van der Waals surface area contributed by atoms with E-state index in [0.29, 0.717) is 6.10 Å². The van der Waals surface area contributed by atoms with Crippen LogP contribution in [-0.4, -0.2) is 5.11 Å². The van der Waals surface area contributed by atoms with Crippen LogP contribution in [0.25, 0.3) is 0 Å². The van der Waals surface area contributed by atoms with Gasteiger partial charge in [-0.3, -0.25) is 0 Å². The Morgan fingerprint density at radius 2 is 1.33 bits per heavy atom. The second-order valence-corrected chi connectivity index (χ2v) is 0.947. The third-order valence-electron chi connectivity index (χ3n) is 0. The summed E-state index contributed by atoms with van der Waals surface area (Å²) in [6, 6.07) is 0. The first-order chi connectivity index (χ1) is 1.73. The molecule has 0 radical (unpaired) electrons. The first kappa shape index (κ1) is 15.9. The minimum atomic E-state index is 0.